The number of likely N-dealkylation sites (tertiary alicyclic amines) is 1. The van der Waals surface area contributed by atoms with E-state index in [2.05, 4.69) is 6.07 Å². The molecule has 1 fully saturated rings. The molecule has 0 radical (unpaired) electrons. The van der Waals surface area contributed by atoms with Crippen molar-refractivity contribution < 1.29 is 14.4 Å². The Labute approximate surface area is 129 Å². The van der Waals surface area contributed by atoms with E-state index in [1.807, 2.05) is 6.92 Å². The lowest BCUT2D eigenvalue weighted by molar-refractivity contribution is -0.901. The maximum absolute atomic E-state index is 12.1. The van der Waals surface area contributed by atoms with Gasteiger partial charge < -0.3 is 14.4 Å². The lowest BCUT2D eigenvalue weighted by Crippen LogP contribution is -3.08. The topological polar surface area (TPSA) is 54.9 Å². The molecule has 1 aromatic heterocycles. The monoisotopic (exact) mass is 300 g/mol. The van der Waals surface area contributed by atoms with E-state index in [9.17, 15) is 9.90 Å². The second-order valence-electron chi connectivity index (χ2n) is 6.72. The molecule has 116 valence electrons. The Morgan fingerprint density at radius 2 is 1.91 bits per heavy atom. The van der Waals surface area contributed by atoms with Gasteiger partial charge in [-0.05, 0) is 37.8 Å². The lowest BCUT2D eigenvalue weighted by Gasteiger charge is -2.16. The smallest absolute Gasteiger partial charge is 0.339 e. The van der Waals surface area contributed by atoms with Gasteiger partial charge in [0.2, 0.25) is 0 Å². The maximum Gasteiger partial charge on any atom is 0.339 e. The number of benzene rings is 1. The first-order valence-corrected chi connectivity index (χ1v) is 8.28. The van der Waals surface area contributed by atoms with Crippen LogP contribution >= 0.6 is 0 Å². The van der Waals surface area contributed by atoms with Crippen LogP contribution < -0.4 is 10.5 Å². The van der Waals surface area contributed by atoms with Crippen LogP contribution in [-0.4, -0.2) is 18.2 Å². The molecule has 1 aliphatic heterocycles. The van der Waals surface area contributed by atoms with Gasteiger partial charge in [-0.25, -0.2) is 4.79 Å². The molecule has 2 aromatic rings. The largest absolute Gasteiger partial charge is 0.507 e. The van der Waals surface area contributed by atoms with E-state index in [0.717, 1.165) is 47.9 Å². The summed E-state index contributed by atoms with van der Waals surface area (Å²) < 4.78 is 5.52. The summed E-state index contributed by atoms with van der Waals surface area (Å²) in [6.07, 6.45) is 5.32. The summed E-state index contributed by atoms with van der Waals surface area (Å²) >= 11 is 0. The molecule has 2 aliphatic rings. The molecular formula is C18H22NO3+. The van der Waals surface area contributed by atoms with E-state index in [4.69, 9.17) is 4.42 Å². The maximum atomic E-state index is 12.1. The molecule has 0 unspecified atom stereocenters. The summed E-state index contributed by atoms with van der Waals surface area (Å²) in [6.45, 7) is 5.07. The number of aryl methyl sites for hydroxylation is 2. The number of nitrogens with one attached hydrogen (secondary N) is 1. The summed E-state index contributed by atoms with van der Waals surface area (Å²) in [4.78, 5) is 13.6. The first kappa shape index (κ1) is 13.8. The Balaban J connectivity index is 1.90. The highest BCUT2D eigenvalue weighted by Crippen LogP contribution is 2.35. The van der Waals surface area contributed by atoms with Gasteiger partial charge in [-0.3, -0.25) is 0 Å². The molecule has 22 heavy (non-hydrogen) atoms. The minimum atomic E-state index is -0.222. The Morgan fingerprint density at radius 3 is 2.68 bits per heavy atom. The minimum Gasteiger partial charge on any atom is -0.507 e. The second-order valence-corrected chi connectivity index (χ2v) is 6.72. The number of hydrogen-bond acceptors (Lipinski definition) is 3. The van der Waals surface area contributed by atoms with Crippen molar-refractivity contribution in [2.24, 2.45) is 0 Å². The van der Waals surface area contributed by atoms with Crippen LogP contribution in [0.4, 0.5) is 0 Å². The van der Waals surface area contributed by atoms with Crippen molar-refractivity contribution in [1.29, 1.82) is 0 Å². The molecule has 0 bridgehead atoms. The molecular weight excluding hydrogens is 278 g/mol. The zero-order valence-electron chi connectivity index (χ0n) is 13.0. The number of phenolic OH excluding ortho intramolecular Hbond substituents is 1. The van der Waals surface area contributed by atoms with Crippen molar-refractivity contribution in [1.82, 2.24) is 0 Å². The number of phenols is 1. The van der Waals surface area contributed by atoms with E-state index in [-0.39, 0.29) is 5.63 Å². The van der Waals surface area contributed by atoms with E-state index in [0.29, 0.717) is 16.9 Å². The van der Waals surface area contributed by atoms with E-state index < -0.39 is 0 Å². The van der Waals surface area contributed by atoms with Crippen molar-refractivity contribution in [3.63, 3.8) is 0 Å². The van der Waals surface area contributed by atoms with Gasteiger partial charge in [0.05, 0.1) is 13.1 Å². The van der Waals surface area contributed by atoms with Crippen LogP contribution in [-0.2, 0) is 19.4 Å². The van der Waals surface area contributed by atoms with Gasteiger partial charge in [-0.2, -0.15) is 0 Å². The van der Waals surface area contributed by atoms with Crippen molar-refractivity contribution >= 4 is 11.0 Å². The predicted octanol–water partition coefficient (Wildman–Crippen LogP) is 1.47. The fraction of sp³-hybridized carbons (Fsp3) is 0.500. The number of hydrogen-bond donors (Lipinski definition) is 2. The van der Waals surface area contributed by atoms with Gasteiger partial charge in [-0.15, -0.1) is 0 Å². The molecule has 0 atom stereocenters. The van der Waals surface area contributed by atoms with Crippen molar-refractivity contribution in [2.75, 3.05) is 13.1 Å². The molecule has 1 aromatic carbocycles. The van der Waals surface area contributed by atoms with Crippen LogP contribution in [0.5, 0.6) is 5.75 Å². The highest BCUT2D eigenvalue weighted by atomic mass is 16.4. The second kappa shape index (κ2) is 5.13. The number of quaternary nitrogens is 1. The summed E-state index contributed by atoms with van der Waals surface area (Å²) in [5, 5.41) is 11.6. The van der Waals surface area contributed by atoms with Gasteiger partial charge in [0.25, 0.3) is 0 Å². The first-order valence-electron chi connectivity index (χ1n) is 8.28. The molecule has 1 aliphatic carbocycles. The Hall–Kier alpha value is -1.81. The summed E-state index contributed by atoms with van der Waals surface area (Å²) in [5.74, 6) is 0.299. The number of aromatic hydroxyl groups is 1. The zero-order valence-corrected chi connectivity index (χ0v) is 13.0. The van der Waals surface area contributed by atoms with E-state index in [1.165, 1.54) is 30.8 Å². The summed E-state index contributed by atoms with van der Waals surface area (Å²) in [5.41, 5.74) is 4.04. The zero-order chi connectivity index (χ0) is 15.3. The molecule has 2 N–H and O–H groups in total. The Kier molecular flexibility index (Phi) is 3.22. The molecule has 4 rings (SSSR count). The van der Waals surface area contributed by atoms with Crippen molar-refractivity contribution in [3.05, 3.63) is 38.7 Å². The van der Waals surface area contributed by atoms with Gasteiger partial charge in [0.1, 0.15) is 17.9 Å². The van der Waals surface area contributed by atoms with Crippen LogP contribution in [0.1, 0.15) is 41.5 Å². The van der Waals surface area contributed by atoms with Gasteiger partial charge >= 0.3 is 5.63 Å². The predicted molar refractivity (Wildman–Crippen MR) is 84.5 cm³/mol. The highest BCUT2D eigenvalue weighted by Gasteiger charge is 2.24. The van der Waals surface area contributed by atoms with Crippen LogP contribution in [0.2, 0.25) is 0 Å². The van der Waals surface area contributed by atoms with Gasteiger partial charge in [-0.1, -0.05) is 0 Å². The standard InChI is InChI=1S/C18H21NO3/c1-11-16(20)12(10-19-7-2-3-8-19)9-15-13-5-4-6-14(13)18(21)22-17(11)15/h9,20H,2-8,10H2,1H3/p+1. The number of fused-ring (bicyclic) bond motifs is 3. The highest BCUT2D eigenvalue weighted by molar-refractivity contribution is 5.87. The fourth-order valence-electron chi connectivity index (χ4n) is 4.09. The third kappa shape index (κ3) is 2.05. The Bertz CT molecular complexity index is 800. The first-order chi connectivity index (χ1) is 10.6. The fourth-order valence-corrected chi connectivity index (χ4v) is 4.09. The minimum absolute atomic E-state index is 0.222. The molecule has 4 heteroatoms. The normalized spacial score (nSPS) is 18.2. The molecule has 0 saturated carbocycles. The van der Waals surface area contributed by atoms with Crippen LogP contribution in [0.25, 0.3) is 11.0 Å². The third-order valence-corrected chi connectivity index (χ3v) is 5.30. The Morgan fingerprint density at radius 1 is 1.18 bits per heavy atom. The lowest BCUT2D eigenvalue weighted by atomic mass is 9.99. The van der Waals surface area contributed by atoms with Crippen molar-refractivity contribution in [3.8, 4) is 5.75 Å². The summed E-state index contributed by atoms with van der Waals surface area (Å²) in [7, 11) is 0. The molecule has 0 spiro atoms. The SMILES string of the molecule is Cc1c(O)c(C[NH+]2CCCC2)cc2c3c(c(=O)oc12)CCC3. The molecule has 4 nitrogen and oxygen atoms in total. The van der Waals surface area contributed by atoms with Crippen LogP contribution in [0.3, 0.4) is 0 Å². The van der Waals surface area contributed by atoms with Gasteiger partial charge in [0, 0.05) is 34.9 Å². The quantitative estimate of drug-likeness (QED) is 0.826. The molecule has 2 heterocycles. The third-order valence-electron chi connectivity index (χ3n) is 5.30. The van der Waals surface area contributed by atoms with Crippen LogP contribution in [0.15, 0.2) is 15.3 Å². The van der Waals surface area contributed by atoms with Crippen LogP contribution in [0, 0.1) is 6.92 Å². The van der Waals surface area contributed by atoms with Gasteiger partial charge in [0.15, 0.2) is 0 Å². The number of rotatable bonds is 2. The molecule has 0 amide bonds. The van der Waals surface area contributed by atoms with E-state index in [1.54, 1.807) is 0 Å². The van der Waals surface area contributed by atoms with Crippen molar-refractivity contribution in [2.45, 2.75) is 45.6 Å². The van der Waals surface area contributed by atoms with E-state index >= 15 is 0 Å². The molecule has 1 saturated heterocycles. The summed E-state index contributed by atoms with van der Waals surface area (Å²) in [6, 6.07) is 2.07. The average molecular weight is 300 g/mol. The average Bonchev–Trinajstić information content (AvgIpc) is 3.17.